The monoisotopic (exact) mass is 333 g/mol. The van der Waals surface area contributed by atoms with Crippen LogP contribution in [0.25, 0.3) is 0 Å². The Morgan fingerprint density at radius 3 is 2.83 bits per heavy atom. The fourth-order valence-electron chi connectivity index (χ4n) is 2.82. The van der Waals surface area contributed by atoms with Crippen LogP contribution in [0.2, 0.25) is 0 Å². The van der Waals surface area contributed by atoms with Gasteiger partial charge in [0.2, 0.25) is 0 Å². The fraction of sp³-hybridized carbons (Fsp3) is 0.611. The minimum absolute atomic E-state index is 0.0383. The molecule has 1 aliphatic rings. The van der Waals surface area contributed by atoms with E-state index in [0.717, 1.165) is 25.9 Å². The number of ether oxygens (including phenoxy) is 1. The lowest BCUT2D eigenvalue weighted by Crippen LogP contribution is -2.43. The van der Waals surface area contributed by atoms with Crippen molar-refractivity contribution < 1.29 is 14.3 Å². The van der Waals surface area contributed by atoms with Crippen molar-refractivity contribution in [1.29, 1.82) is 0 Å². The highest BCUT2D eigenvalue weighted by Gasteiger charge is 2.23. The fourth-order valence-corrected chi connectivity index (χ4v) is 2.82. The lowest BCUT2D eigenvalue weighted by atomic mass is 9.97. The van der Waals surface area contributed by atoms with Crippen molar-refractivity contribution in [1.82, 2.24) is 15.2 Å². The molecule has 0 aromatic carbocycles. The number of pyridine rings is 1. The number of hydrogen-bond donors (Lipinski definition) is 1. The number of amides is 1. The molecule has 1 atom stereocenters. The Labute approximate surface area is 143 Å². The highest BCUT2D eigenvalue weighted by atomic mass is 16.6. The summed E-state index contributed by atoms with van der Waals surface area (Å²) in [6.07, 6.45) is 3.32. The summed E-state index contributed by atoms with van der Waals surface area (Å²) in [5.74, 6) is 0.374. The standard InChI is InChI=1S/C18H27N3O3/c1-18(2,3)24-17(23)20-11-14-7-6-10-21(12-14)13-16(22)15-8-4-5-9-19-15/h4-5,8-9,14H,6-7,10-13H2,1-3H3,(H,20,23). The number of ketones is 1. The number of alkyl carbamates (subject to hydrolysis) is 1. The van der Waals surface area contributed by atoms with Crippen LogP contribution in [0.4, 0.5) is 4.79 Å². The Kier molecular flexibility index (Phi) is 6.31. The van der Waals surface area contributed by atoms with E-state index in [0.29, 0.717) is 24.7 Å². The van der Waals surface area contributed by atoms with Crippen LogP contribution < -0.4 is 5.32 Å². The molecule has 0 aliphatic carbocycles. The van der Waals surface area contributed by atoms with Crippen molar-refractivity contribution in [3.05, 3.63) is 30.1 Å². The Morgan fingerprint density at radius 1 is 1.38 bits per heavy atom. The van der Waals surface area contributed by atoms with Crippen molar-refractivity contribution in [3.63, 3.8) is 0 Å². The van der Waals surface area contributed by atoms with Crippen molar-refractivity contribution >= 4 is 11.9 Å². The first-order valence-corrected chi connectivity index (χ1v) is 8.47. The number of carbonyl (C=O) groups is 2. The third-order valence-corrected chi connectivity index (χ3v) is 3.85. The van der Waals surface area contributed by atoms with Crippen molar-refractivity contribution in [3.8, 4) is 0 Å². The predicted molar refractivity (Wildman–Crippen MR) is 92.0 cm³/mol. The molecule has 1 fully saturated rings. The normalized spacial score (nSPS) is 18.9. The van der Waals surface area contributed by atoms with Gasteiger partial charge in [-0.1, -0.05) is 6.07 Å². The van der Waals surface area contributed by atoms with Crippen LogP contribution in [0.5, 0.6) is 0 Å². The Bertz CT molecular complexity index is 554. The van der Waals surface area contributed by atoms with E-state index >= 15 is 0 Å². The third-order valence-electron chi connectivity index (χ3n) is 3.85. The van der Waals surface area contributed by atoms with Crippen LogP contribution in [0, 0.1) is 5.92 Å². The number of Topliss-reactive ketones (excluding diaryl/α,β-unsaturated/α-hetero) is 1. The van der Waals surface area contributed by atoms with E-state index < -0.39 is 5.60 Å². The smallest absolute Gasteiger partial charge is 0.407 e. The highest BCUT2D eigenvalue weighted by molar-refractivity contribution is 5.95. The van der Waals surface area contributed by atoms with Gasteiger partial charge in [0.1, 0.15) is 11.3 Å². The van der Waals surface area contributed by atoms with E-state index in [4.69, 9.17) is 4.74 Å². The van der Waals surface area contributed by atoms with E-state index in [9.17, 15) is 9.59 Å². The number of aromatic nitrogens is 1. The second-order valence-electron chi connectivity index (χ2n) is 7.26. The van der Waals surface area contributed by atoms with Gasteiger partial charge in [0.05, 0.1) is 6.54 Å². The van der Waals surface area contributed by atoms with Crippen molar-refractivity contribution in [2.24, 2.45) is 5.92 Å². The maximum Gasteiger partial charge on any atom is 0.407 e. The minimum atomic E-state index is -0.488. The van der Waals surface area contributed by atoms with Crippen molar-refractivity contribution in [2.45, 2.75) is 39.2 Å². The lowest BCUT2D eigenvalue weighted by Gasteiger charge is -2.32. The van der Waals surface area contributed by atoms with Gasteiger partial charge >= 0.3 is 6.09 Å². The molecule has 1 amide bonds. The maximum absolute atomic E-state index is 12.2. The Morgan fingerprint density at radius 2 is 2.17 bits per heavy atom. The molecule has 0 radical (unpaired) electrons. The van der Waals surface area contributed by atoms with Gasteiger partial charge in [-0.05, 0) is 58.2 Å². The average molecular weight is 333 g/mol. The summed E-state index contributed by atoms with van der Waals surface area (Å²) in [5.41, 5.74) is 0.0177. The average Bonchev–Trinajstić information content (AvgIpc) is 2.52. The summed E-state index contributed by atoms with van der Waals surface area (Å²) < 4.78 is 5.25. The summed E-state index contributed by atoms with van der Waals surface area (Å²) in [7, 11) is 0. The third kappa shape index (κ3) is 6.28. The molecule has 1 aromatic heterocycles. The number of rotatable bonds is 5. The number of nitrogens with zero attached hydrogens (tertiary/aromatic N) is 2. The van der Waals surface area contributed by atoms with Gasteiger partial charge in [-0.3, -0.25) is 14.7 Å². The zero-order valence-corrected chi connectivity index (χ0v) is 14.7. The molecule has 0 spiro atoms. The van der Waals surface area contributed by atoms with Gasteiger partial charge in [0.15, 0.2) is 5.78 Å². The SMILES string of the molecule is CC(C)(C)OC(=O)NCC1CCCN(CC(=O)c2ccccn2)C1. The summed E-state index contributed by atoms with van der Waals surface area (Å²) in [5, 5.41) is 2.83. The largest absolute Gasteiger partial charge is 0.444 e. The van der Waals surface area contributed by atoms with Crippen LogP contribution in [-0.2, 0) is 4.74 Å². The highest BCUT2D eigenvalue weighted by Crippen LogP contribution is 2.16. The summed E-state index contributed by atoms with van der Waals surface area (Å²) in [6.45, 7) is 8.19. The van der Waals surface area contributed by atoms with Crippen LogP contribution in [0.3, 0.4) is 0 Å². The topological polar surface area (TPSA) is 71.5 Å². The molecule has 6 heteroatoms. The Hall–Kier alpha value is -1.95. The van der Waals surface area contributed by atoms with E-state index in [-0.39, 0.29) is 11.9 Å². The number of carbonyl (C=O) groups excluding carboxylic acids is 2. The quantitative estimate of drug-likeness (QED) is 0.838. The van der Waals surface area contributed by atoms with Crippen LogP contribution >= 0.6 is 0 Å². The van der Waals surface area contributed by atoms with E-state index in [1.165, 1.54) is 0 Å². The molecular formula is C18H27N3O3. The molecule has 1 aliphatic heterocycles. The molecule has 6 nitrogen and oxygen atoms in total. The first-order valence-electron chi connectivity index (χ1n) is 8.47. The molecule has 1 aromatic rings. The summed E-state index contributed by atoms with van der Waals surface area (Å²) in [6, 6.07) is 5.37. The number of likely N-dealkylation sites (tertiary alicyclic amines) is 1. The second kappa shape index (κ2) is 8.24. The zero-order chi connectivity index (χ0) is 17.6. The van der Waals surface area contributed by atoms with Crippen molar-refractivity contribution in [2.75, 3.05) is 26.2 Å². The van der Waals surface area contributed by atoms with Gasteiger partial charge in [0, 0.05) is 19.3 Å². The van der Waals surface area contributed by atoms with Gasteiger partial charge < -0.3 is 10.1 Å². The molecular weight excluding hydrogens is 306 g/mol. The molecule has 1 N–H and O–H groups in total. The second-order valence-corrected chi connectivity index (χ2v) is 7.26. The van der Waals surface area contributed by atoms with Gasteiger partial charge in [-0.2, -0.15) is 0 Å². The first-order chi connectivity index (χ1) is 11.3. The van der Waals surface area contributed by atoms with E-state index in [2.05, 4.69) is 15.2 Å². The number of hydrogen-bond acceptors (Lipinski definition) is 5. The van der Waals surface area contributed by atoms with Gasteiger partial charge in [-0.25, -0.2) is 4.79 Å². The molecule has 0 saturated carbocycles. The maximum atomic E-state index is 12.2. The lowest BCUT2D eigenvalue weighted by molar-refractivity contribution is 0.0504. The zero-order valence-electron chi connectivity index (χ0n) is 14.7. The number of piperidine rings is 1. The van der Waals surface area contributed by atoms with Gasteiger partial charge in [-0.15, -0.1) is 0 Å². The molecule has 1 unspecified atom stereocenters. The predicted octanol–water partition coefficient (Wildman–Crippen LogP) is 2.50. The number of nitrogens with one attached hydrogen (secondary N) is 1. The minimum Gasteiger partial charge on any atom is -0.444 e. The molecule has 1 saturated heterocycles. The van der Waals surface area contributed by atoms with E-state index in [1.54, 1.807) is 18.3 Å². The Balaban J connectivity index is 1.77. The van der Waals surface area contributed by atoms with E-state index in [1.807, 2.05) is 26.8 Å². The van der Waals surface area contributed by atoms with Crippen LogP contribution in [-0.4, -0.2) is 53.5 Å². The van der Waals surface area contributed by atoms with Crippen LogP contribution in [0.15, 0.2) is 24.4 Å². The molecule has 132 valence electrons. The molecule has 24 heavy (non-hydrogen) atoms. The first kappa shape index (κ1) is 18.4. The molecule has 2 rings (SSSR count). The summed E-state index contributed by atoms with van der Waals surface area (Å²) >= 11 is 0. The van der Waals surface area contributed by atoms with Crippen LogP contribution in [0.1, 0.15) is 44.1 Å². The van der Waals surface area contributed by atoms with Gasteiger partial charge in [0.25, 0.3) is 0 Å². The summed E-state index contributed by atoms with van der Waals surface area (Å²) in [4.78, 5) is 30.2. The molecule has 2 heterocycles. The molecule has 0 bridgehead atoms.